The molecule has 0 aliphatic rings. The van der Waals surface area contributed by atoms with E-state index in [0.29, 0.717) is 20.7 Å². The molecule has 0 spiro atoms. The third-order valence-corrected chi connectivity index (χ3v) is 4.00. The fraction of sp³-hybridized carbons (Fsp3) is 0.143. The molecule has 6 heteroatoms. The van der Waals surface area contributed by atoms with Gasteiger partial charge in [-0.1, -0.05) is 6.07 Å². The lowest BCUT2D eigenvalue weighted by Crippen LogP contribution is -2.13. The molecule has 0 unspecified atom stereocenters. The standard InChI is InChI=1S/C14H11BrO4S/c1-18-12-5-4-9(7-10(12)15)11(16)8-19-14(17)13-3-2-6-20-13/h2-7H,8H2,1H3. The lowest BCUT2D eigenvalue weighted by atomic mass is 10.1. The van der Waals surface area contributed by atoms with Crippen LogP contribution >= 0.6 is 27.3 Å². The Balaban J connectivity index is 1.98. The van der Waals surface area contributed by atoms with Crippen molar-refractivity contribution < 1.29 is 19.1 Å². The van der Waals surface area contributed by atoms with E-state index in [1.54, 1.807) is 42.8 Å². The van der Waals surface area contributed by atoms with Crippen molar-refractivity contribution in [3.05, 3.63) is 50.6 Å². The molecule has 0 aliphatic heterocycles. The molecule has 0 aliphatic carbocycles. The molecule has 2 aromatic rings. The fourth-order valence-corrected chi connectivity index (χ4v) is 2.68. The van der Waals surface area contributed by atoms with Gasteiger partial charge in [-0.15, -0.1) is 11.3 Å². The Kier molecular flexibility index (Phi) is 4.92. The van der Waals surface area contributed by atoms with E-state index in [9.17, 15) is 9.59 Å². The highest BCUT2D eigenvalue weighted by molar-refractivity contribution is 9.10. The highest BCUT2D eigenvalue weighted by Gasteiger charge is 2.13. The maximum atomic E-state index is 11.9. The number of benzene rings is 1. The Morgan fingerprint density at radius 1 is 1.30 bits per heavy atom. The van der Waals surface area contributed by atoms with Crippen molar-refractivity contribution in [2.75, 3.05) is 13.7 Å². The van der Waals surface area contributed by atoms with Crippen LogP contribution in [-0.2, 0) is 4.74 Å². The van der Waals surface area contributed by atoms with Gasteiger partial charge in [-0.2, -0.15) is 0 Å². The quantitative estimate of drug-likeness (QED) is 0.608. The van der Waals surface area contributed by atoms with Crippen molar-refractivity contribution in [1.82, 2.24) is 0 Å². The van der Waals surface area contributed by atoms with Crippen LogP contribution in [0.25, 0.3) is 0 Å². The Labute approximate surface area is 128 Å². The van der Waals surface area contributed by atoms with Crippen LogP contribution in [0.4, 0.5) is 0 Å². The summed E-state index contributed by atoms with van der Waals surface area (Å²) in [5, 5.41) is 1.78. The minimum absolute atomic E-state index is 0.266. The van der Waals surface area contributed by atoms with E-state index in [2.05, 4.69) is 15.9 Å². The third-order valence-electron chi connectivity index (χ3n) is 2.53. The maximum absolute atomic E-state index is 11.9. The van der Waals surface area contributed by atoms with E-state index in [1.165, 1.54) is 11.3 Å². The Hall–Kier alpha value is -1.66. The number of hydrogen-bond acceptors (Lipinski definition) is 5. The summed E-state index contributed by atoms with van der Waals surface area (Å²) in [5.41, 5.74) is 0.455. The Morgan fingerprint density at radius 2 is 2.10 bits per heavy atom. The minimum atomic E-state index is -0.485. The second kappa shape index (κ2) is 6.67. The third kappa shape index (κ3) is 3.46. The van der Waals surface area contributed by atoms with Gasteiger partial charge in [0.2, 0.25) is 0 Å². The number of thiophene rings is 1. The first-order valence-corrected chi connectivity index (χ1v) is 7.36. The first-order valence-electron chi connectivity index (χ1n) is 5.69. The summed E-state index contributed by atoms with van der Waals surface area (Å²) in [6, 6.07) is 8.36. The smallest absolute Gasteiger partial charge is 0.348 e. The van der Waals surface area contributed by atoms with Gasteiger partial charge < -0.3 is 9.47 Å². The van der Waals surface area contributed by atoms with Gasteiger partial charge in [-0.05, 0) is 45.6 Å². The van der Waals surface area contributed by atoms with Crippen LogP contribution in [0.3, 0.4) is 0 Å². The summed E-state index contributed by atoms with van der Waals surface area (Å²) in [6.45, 7) is -0.282. The number of Topliss-reactive ketones (excluding diaryl/α,β-unsaturated/α-hetero) is 1. The molecule has 2 rings (SSSR count). The lowest BCUT2D eigenvalue weighted by molar-refractivity contribution is 0.0479. The molecular weight excluding hydrogens is 344 g/mol. The molecule has 0 radical (unpaired) electrons. The van der Waals surface area contributed by atoms with Gasteiger partial charge in [0.25, 0.3) is 0 Å². The number of halogens is 1. The van der Waals surface area contributed by atoms with Gasteiger partial charge in [0, 0.05) is 5.56 Å². The van der Waals surface area contributed by atoms with Crippen molar-refractivity contribution in [3.8, 4) is 5.75 Å². The van der Waals surface area contributed by atoms with Crippen molar-refractivity contribution >= 4 is 39.0 Å². The van der Waals surface area contributed by atoms with Crippen LogP contribution in [-0.4, -0.2) is 25.5 Å². The van der Waals surface area contributed by atoms with Crippen LogP contribution in [0.1, 0.15) is 20.0 Å². The number of ether oxygens (including phenoxy) is 2. The summed E-state index contributed by atoms with van der Waals surface area (Å²) in [4.78, 5) is 24.0. The van der Waals surface area contributed by atoms with Gasteiger partial charge in [-0.3, -0.25) is 4.79 Å². The van der Waals surface area contributed by atoms with E-state index in [4.69, 9.17) is 9.47 Å². The highest BCUT2D eigenvalue weighted by atomic mass is 79.9. The van der Waals surface area contributed by atoms with Gasteiger partial charge >= 0.3 is 5.97 Å². The predicted molar refractivity (Wildman–Crippen MR) is 79.6 cm³/mol. The number of rotatable bonds is 5. The zero-order valence-corrected chi connectivity index (χ0v) is 13.0. The molecule has 20 heavy (non-hydrogen) atoms. The average Bonchev–Trinajstić information content (AvgIpc) is 2.98. The Morgan fingerprint density at radius 3 is 2.70 bits per heavy atom. The normalized spacial score (nSPS) is 10.1. The molecule has 104 valence electrons. The minimum Gasteiger partial charge on any atom is -0.496 e. The molecule has 1 aromatic carbocycles. The largest absolute Gasteiger partial charge is 0.496 e. The molecule has 1 aromatic heterocycles. The second-order valence-electron chi connectivity index (χ2n) is 3.83. The first kappa shape index (κ1) is 14.7. The van der Waals surface area contributed by atoms with E-state index in [0.717, 1.165) is 0 Å². The predicted octanol–water partition coefficient (Wildman–Crippen LogP) is 3.56. The number of carbonyl (C=O) groups excluding carboxylic acids is 2. The van der Waals surface area contributed by atoms with Crippen LogP contribution < -0.4 is 4.74 Å². The number of carbonyl (C=O) groups is 2. The van der Waals surface area contributed by atoms with Crippen LogP contribution in [0.5, 0.6) is 5.75 Å². The van der Waals surface area contributed by atoms with Crippen LogP contribution in [0.15, 0.2) is 40.2 Å². The molecule has 0 atom stereocenters. The summed E-state index contributed by atoms with van der Waals surface area (Å²) in [5.74, 6) is -0.115. The molecule has 0 N–H and O–H groups in total. The SMILES string of the molecule is COc1ccc(C(=O)COC(=O)c2cccs2)cc1Br. The van der Waals surface area contributed by atoms with Crippen molar-refractivity contribution in [1.29, 1.82) is 0 Å². The van der Waals surface area contributed by atoms with Gasteiger partial charge in [0.05, 0.1) is 11.6 Å². The van der Waals surface area contributed by atoms with E-state index >= 15 is 0 Å². The zero-order chi connectivity index (χ0) is 14.5. The topological polar surface area (TPSA) is 52.6 Å². The summed E-state index contributed by atoms with van der Waals surface area (Å²) in [7, 11) is 1.55. The zero-order valence-electron chi connectivity index (χ0n) is 10.6. The molecule has 0 amide bonds. The Bertz CT molecular complexity index is 622. The second-order valence-corrected chi connectivity index (χ2v) is 5.63. The van der Waals surface area contributed by atoms with E-state index in [1.807, 2.05) is 0 Å². The van der Waals surface area contributed by atoms with E-state index < -0.39 is 5.97 Å². The monoisotopic (exact) mass is 354 g/mol. The van der Waals surface area contributed by atoms with Gasteiger partial charge in [-0.25, -0.2) is 4.79 Å². The lowest BCUT2D eigenvalue weighted by Gasteiger charge is -2.06. The first-order chi connectivity index (χ1) is 9.61. The van der Waals surface area contributed by atoms with E-state index in [-0.39, 0.29) is 12.4 Å². The molecule has 1 heterocycles. The van der Waals surface area contributed by atoms with Crippen molar-refractivity contribution in [3.63, 3.8) is 0 Å². The van der Waals surface area contributed by atoms with Crippen molar-refractivity contribution in [2.24, 2.45) is 0 Å². The molecular formula is C14H11BrO4S. The summed E-state index contributed by atoms with van der Waals surface area (Å²) < 4.78 is 10.7. The number of ketones is 1. The number of esters is 1. The average molecular weight is 355 g/mol. The molecule has 0 saturated carbocycles. The fourth-order valence-electron chi connectivity index (χ4n) is 1.52. The number of methoxy groups -OCH3 is 1. The van der Waals surface area contributed by atoms with Crippen molar-refractivity contribution in [2.45, 2.75) is 0 Å². The molecule has 0 saturated heterocycles. The summed E-state index contributed by atoms with van der Waals surface area (Å²) in [6.07, 6.45) is 0. The van der Waals surface area contributed by atoms with Gasteiger partial charge in [0.1, 0.15) is 10.6 Å². The van der Waals surface area contributed by atoms with Gasteiger partial charge in [0.15, 0.2) is 12.4 Å². The van der Waals surface area contributed by atoms with Crippen LogP contribution in [0, 0.1) is 0 Å². The van der Waals surface area contributed by atoms with Crippen LogP contribution in [0.2, 0.25) is 0 Å². The highest BCUT2D eigenvalue weighted by Crippen LogP contribution is 2.25. The summed E-state index contributed by atoms with van der Waals surface area (Å²) >= 11 is 4.58. The number of hydrogen-bond donors (Lipinski definition) is 0. The molecule has 0 bridgehead atoms. The maximum Gasteiger partial charge on any atom is 0.348 e. The molecule has 4 nitrogen and oxygen atoms in total. The molecule has 0 fully saturated rings.